The number of rotatable bonds is 4. The number of hydrogen-bond donors (Lipinski definition) is 2. The number of aromatic carboxylic acids is 1. The second-order valence-electron chi connectivity index (χ2n) is 6.24. The molecule has 0 fully saturated rings. The third-order valence-corrected chi connectivity index (χ3v) is 4.70. The Morgan fingerprint density at radius 1 is 1.07 bits per heavy atom. The summed E-state index contributed by atoms with van der Waals surface area (Å²) in [7, 11) is 0. The third-order valence-electron chi connectivity index (χ3n) is 4.41. The van der Waals surface area contributed by atoms with Gasteiger partial charge in [-0.05, 0) is 48.0 Å². The number of pyridine rings is 1. The van der Waals surface area contributed by atoms with Crippen LogP contribution in [-0.2, 0) is 0 Å². The van der Waals surface area contributed by atoms with E-state index in [1.54, 1.807) is 18.2 Å². The van der Waals surface area contributed by atoms with Crippen LogP contribution in [0.4, 0.5) is 4.39 Å². The molecule has 0 saturated heterocycles. The van der Waals surface area contributed by atoms with E-state index in [1.807, 2.05) is 0 Å². The molecule has 29 heavy (non-hydrogen) atoms. The summed E-state index contributed by atoms with van der Waals surface area (Å²) < 4.78 is 19.0. The molecule has 0 aliphatic rings. The van der Waals surface area contributed by atoms with Crippen LogP contribution >= 0.6 is 11.6 Å². The minimum Gasteiger partial charge on any atom is -0.478 e. The van der Waals surface area contributed by atoms with Crippen LogP contribution in [0.1, 0.15) is 20.7 Å². The summed E-state index contributed by atoms with van der Waals surface area (Å²) >= 11 is 6.29. The molecule has 0 bridgehead atoms. The van der Waals surface area contributed by atoms with Crippen LogP contribution in [0.25, 0.3) is 33.6 Å². The average molecular weight is 411 g/mol. The van der Waals surface area contributed by atoms with Crippen molar-refractivity contribution >= 4 is 34.6 Å². The number of carbonyl (C=O) groups excluding carboxylic acids is 1. The van der Waals surface area contributed by atoms with Crippen LogP contribution in [-0.4, -0.2) is 22.0 Å². The first-order chi connectivity index (χ1) is 13.8. The van der Waals surface area contributed by atoms with Crippen LogP contribution in [0.15, 0.2) is 59.0 Å². The number of nitrogens with two attached hydrogens (primary N) is 1. The molecular formula is C21H12ClFN2O4. The number of hydrogen-bond acceptors (Lipinski definition) is 4. The number of halogens is 2. The number of carbonyl (C=O) groups is 2. The van der Waals surface area contributed by atoms with E-state index in [1.165, 1.54) is 36.4 Å². The van der Waals surface area contributed by atoms with Gasteiger partial charge in [-0.1, -0.05) is 23.7 Å². The molecule has 0 aliphatic heterocycles. The lowest BCUT2D eigenvalue weighted by Gasteiger charge is -2.05. The van der Waals surface area contributed by atoms with Crippen molar-refractivity contribution in [2.45, 2.75) is 0 Å². The zero-order valence-electron chi connectivity index (χ0n) is 14.6. The normalized spacial score (nSPS) is 11.0. The predicted molar refractivity (Wildman–Crippen MR) is 105 cm³/mol. The van der Waals surface area contributed by atoms with E-state index in [9.17, 15) is 19.1 Å². The zero-order valence-corrected chi connectivity index (χ0v) is 15.4. The molecule has 0 saturated carbocycles. The number of amides is 1. The molecule has 0 radical (unpaired) electrons. The summed E-state index contributed by atoms with van der Waals surface area (Å²) in [5.41, 5.74) is 7.17. The maximum Gasteiger partial charge on any atom is 0.335 e. The van der Waals surface area contributed by atoms with Crippen LogP contribution < -0.4 is 5.73 Å². The van der Waals surface area contributed by atoms with Crippen molar-refractivity contribution in [2.24, 2.45) is 5.73 Å². The fraction of sp³-hybridized carbons (Fsp3) is 0. The van der Waals surface area contributed by atoms with Gasteiger partial charge in [-0.2, -0.15) is 0 Å². The summed E-state index contributed by atoms with van der Waals surface area (Å²) in [5, 5.41) is 9.59. The molecule has 4 aromatic rings. The number of primary amides is 1. The first-order valence-electron chi connectivity index (χ1n) is 8.37. The first-order valence-corrected chi connectivity index (χ1v) is 8.75. The van der Waals surface area contributed by atoms with E-state index in [2.05, 4.69) is 4.98 Å². The summed E-state index contributed by atoms with van der Waals surface area (Å²) in [6, 6.07) is 13.1. The van der Waals surface area contributed by atoms with E-state index in [4.69, 9.17) is 21.8 Å². The van der Waals surface area contributed by atoms with Crippen molar-refractivity contribution < 1.29 is 23.5 Å². The van der Waals surface area contributed by atoms with Crippen LogP contribution in [0.5, 0.6) is 0 Å². The van der Waals surface area contributed by atoms with Gasteiger partial charge in [-0.3, -0.25) is 4.79 Å². The van der Waals surface area contributed by atoms with Crippen molar-refractivity contribution in [3.05, 3.63) is 76.7 Å². The highest BCUT2D eigenvalue weighted by atomic mass is 35.5. The minimum atomic E-state index is -1.09. The zero-order chi connectivity index (χ0) is 20.7. The summed E-state index contributed by atoms with van der Waals surface area (Å²) in [4.78, 5) is 27.6. The van der Waals surface area contributed by atoms with Gasteiger partial charge in [0.05, 0.1) is 16.5 Å². The van der Waals surface area contributed by atoms with Crippen LogP contribution in [0.2, 0.25) is 5.15 Å². The van der Waals surface area contributed by atoms with Crippen molar-refractivity contribution in [3.63, 3.8) is 0 Å². The Morgan fingerprint density at radius 2 is 1.79 bits per heavy atom. The highest BCUT2D eigenvalue weighted by Crippen LogP contribution is 2.37. The molecule has 2 aromatic carbocycles. The maximum absolute atomic E-state index is 13.3. The number of aromatic nitrogens is 1. The van der Waals surface area contributed by atoms with Crippen LogP contribution in [0, 0.1) is 5.82 Å². The van der Waals surface area contributed by atoms with Crippen molar-refractivity contribution in [3.8, 4) is 22.5 Å². The summed E-state index contributed by atoms with van der Waals surface area (Å²) in [6.45, 7) is 0. The summed E-state index contributed by atoms with van der Waals surface area (Å²) in [6.07, 6.45) is 0. The van der Waals surface area contributed by atoms with Crippen molar-refractivity contribution in [1.82, 2.24) is 4.98 Å². The Labute approximate surface area is 168 Å². The van der Waals surface area contributed by atoms with Crippen molar-refractivity contribution in [1.29, 1.82) is 0 Å². The number of nitrogens with zero attached hydrogens (tertiary/aromatic N) is 1. The quantitative estimate of drug-likeness (QED) is 0.472. The third kappa shape index (κ3) is 3.32. The SMILES string of the molecule is NC(=O)c1c(-c2ccc(F)cc2)oc2nc(Cl)c(-c3cccc(C(=O)O)c3)cc12. The number of furan rings is 1. The van der Waals surface area contributed by atoms with E-state index in [0.29, 0.717) is 22.1 Å². The maximum atomic E-state index is 13.3. The van der Waals surface area contributed by atoms with E-state index < -0.39 is 17.7 Å². The molecule has 2 heterocycles. The highest BCUT2D eigenvalue weighted by molar-refractivity contribution is 6.32. The molecule has 1 amide bonds. The smallest absolute Gasteiger partial charge is 0.335 e. The van der Waals surface area contributed by atoms with E-state index in [0.717, 1.165) is 0 Å². The Morgan fingerprint density at radius 3 is 2.45 bits per heavy atom. The molecule has 0 atom stereocenters. The standard InChI is InChI=1S/C21H12ClFN2O4/c22-18-14(11-2-1-3-12(8-11)21(27)28)9-15-16(19(24)26)17(29-20(15)25-18)10-4-6-13(23)7-5-10/h1-9H,(H2,24,26)(H,27,28). The second-order valence-corrected chi connectivity index (χ2v) is 6.60. The molecule has 6 nitrogen and oxygen atoms in total. The van der Waals surface area contributed by atoms with Gasteiger partial charge in [0.15, 0.2) is 0 Å². The molecule has 0 aliphatic carbocycles. The Balaban J connectivity index is 1.96. The Bertz CT molecular complexity index is 1280. The topological polar surface area (TPSA) is 106 Å². The molecule has 144 valence electrons. The Hall–Kier alpha value is -3.71. The average Bonchev–Trinajstić information content (AvgIpc) is 3.06. The van der Waals surface area contributed by atoms with Gasteiger partial charge >= 0.3 is 5.97 Å². The number of carboxylic acids is 1. The largest absolute Gasteiger partial charge is 0.478 e. The number of benzene rings is 2. The molecule has 0 unspecified atom stereocenters. The van der Waals surface area contributed by atoms with Gasteiger partial charge in [0.25, 0.3) is 5.91 Å². The first kappa shape index (κ1) is 18.6. The summed E-state index contributed by atoms with van der Waals surface area (Å²) in [5.74, 6) is -2.13. The van der Waals surface area contributed by atoms with Gasteiger partial charge in [-0.15, -0.1) is 0 Å². The molecular weight excluding hydrogens is 399 g/mol. The van der Waals surface area contributed by atoms with Gasteiger partial charge in [0.2, 0.25) is 5.71 Å². The monoisotopic (exact) mass is 410 g/mol. The fourth-order valence-corrected chi connectivity index (χ4v) is 3.31. The lowest BCUT2D eigenvalue weighted by atomic mass is 10.0. The molecule has 2 aromatic heterocycles. The molecule has 0 spiro atoms. The molecule has 8 heteroatoms. The predicted octanol–water partition coefficient (Wildman–Crippen LogP) is 4.75. The van der Waals surface area contributed by atoms with Crippen LogP contribution in [0.3, 0.4) is 0 Å². The van der Waals surface area contributed by atoms with E-state index >= 15 is 0 Å². The van der Waals surface area contributed by atoms with Gasteiger partial charge in [0.1, 0.15) is 16.7 Å². The van der Waals surface area contributed by atoms with Gasteiger partial charge in [-0.25, -0.2) is 14.2 Å². The second kappa shape index (κ2) is 7.03. The lowest BCUT2D eigenvalue weighted by molar-refractivity contribution is 0.0696. The number of carboxylic acid groups (broad SMARTS) is 1. The van der Waals surface area contributed by atoms with Crippen molar-refractivity contribution in [2.75, 3.05) is 0 Å². The Kier molecular flexibility index (Phi) is 4.52. The number of fused-ring (bicyclic) bond motifs is 1. The van der Waals surface area contributed by atoms with Gasteiger partial charge < -0.3 is 15.3 Å². The fourth-order valence-electron chi connectivity index (χ4n) is 3.07. The highest BCUT2D eigenvalue weighted by Gasteiger charge is 2.23. The lowest BCUT2D eigenvalue weighted by Crippen LogP contribution is -2.11. The minimum absolute atomic E-state index is 0.0652. The molecule has 3 N–H and O–H groups in total. The van der Waals surface area contributed by atoms with Gasteiger partial charge in [0, 0.05) is 11.1 Å². The van der Waals surface area contributed by atoms with E-state index in [-0.39, 0.29) is 27.8 Å². The molecule has 4 rings (SSSR count).